The van der Waals surface area contributed by atoms with Gasteiger partial charge in [-0.05, 0) is 48.9 Å². The second kappa shape index (κ2) is 8.13. The summed E-state index contributed by atoms with van der Waals surface area (Å²) in [5.74, 6) is -0.0966. The van der Waals surface area contributed by atoms with Crippen LogP contribution in [0.2, 0.25) is 0 Å². The van der Waals surface area contributed by atoms with Crippen molar-refractivity contribution >= 4 is 22.7 Å². The Labute approximate surface area is 196 Å². The van der Waals surface area contributed by atoms with Crippen molar-refractivity contribution in [2.45, 2.75) is 31.7 Å². The van der Waals surface area contributed by atoms with Crippen molar-refractivity contribution in [1.82, 2.24) is 30.6 Å². The van der Waals surface area contributed by atoms with E-state index in [1.165, 1.54) is 6.20 Å². The first kappa shape index (κ1) is 20.7. The van der Waals surface area contributed by atoms with Crippen LogP contribution in [0, 0.1) is 5.41 Å². The summed E-state index contributed by atoms with van der Waals surface area (Å²) in [5, 5.41) is 17.9. The van der Waals surface area contributed by atoms with Gasteiger partial charge in [-0.3, -0.25) is 19.8 Å². The van der Waals surface area contributed by atoms with E-state index in [4.69, 9.17) is 0 Å². The Morgan fingerprint density at radius 3 is 2.56 bits per heavy atom. The molecule has 0 bridgehead atoms. The molecular formula is C26H26N6O2. The number of carbonyl (C=O) groups excluding carboxylic acids is 2. The molecule has 0 atom stereocenters. The summed E-state index contributed by atoms with van der Waals surface area (Å²) in [4.78, 5) is 27.4. The Bertz CT molecular complexity index is 1330. The second-order valence-corrected chi connectivity index (χ2v) is 9.59. The van der Waals surface area contributed by atoms with E-state index < -0.39 is 0 Å². The fourth-order valence-corrected chi connectivity index (χ4v) is 5.38. The number of aromatic amines is 2. The molecule has 34 heavy (non-hydrogen) atoms. The minimum atomic E-state index is -0.0825. The highest BCUT2D eigenvalue weighted by Gasteiger charge is 2.47. The quantitative estimate of drug-likeness (QED) is 0.436. The maximum Gasteiger partial charge on any atom is 0.275 e. The van der Waals surface area contributed by atoms with Crippen LogP contribution in [-0.2, 0) is 0 Å². The number of likely N-dealkylation sites (tertiary alicyclic amines) is 1. The van der Waals surface area contributed by atoms with Crippen molar-refractivity contribution in [3.63, 3.8) is 0 Å². The average molecular weight is 455 g/mol. The zero-order valence-corrected chi connectivity index (χ0v) is 18.8. The standard InChI is InChI=1S/C26H26N6O2/c33-24(19-13-27-28-14-19)29-20-8-10-26(11-9-20)15-32(16-26)25(34)23-21-7-6-18(12-22(21)30-31-23)17-4-2-1-3-5-17/h1-7,12-14,20H,8-11,15-16H2,(H,27,28)(H,29,33)(H,30,31). The molecule has 1 saturated carbocycles. The average Bonchev–Trinajstić information content (AvgIpc) is 3.53. The number of rotatable bonds is 4. The molecule has 4 aromatic rings. The van der Waals surface area contributed by atoms with Gasteiger partial charge in [0.1, 0.15) is 0 Å². The second-order valence-electron chi connectivity index (χ2n) is 9.59. The van der Waals surface area contributed by atoms with Gasteiger partial charge in [-0.1, -0.05) is 36.4 Å². The maximum atomic E-state index is 13.2. The van der Waals surface area contributed by atoms with Gasteiger partial charge in [0.2, 0.25) is 0 Å². The van der Waals surface area contributed by atoms with Crippen LogP contribution < -0.4 is 5.32 Å². The van der Waals surface area contributed by atoms with Crippen molar-refractivity contribution in [2.75, 3.05) is 13.1 Å². The van der Waals surface area contributed by atoms with Crippen LogP contribution in [0.3, 0.4) is 0 Å². The van der Waals surface area contributed by atoms with Crippen LogP contribution in [0.15, 0.2) is 60.9 Å². The number of carbonyl (C=O) groups is 2. The Kier molecular flexibility index (Phi) is 4.94. The molecular weight excluding hydrogens is 428 g/mol. The van der Waals surface area contributed by atoms with Crippen LogP contribution in [0.5, 0.6) is 0 Å². The molecule has 1 saturated heterocycles. The summed E-state index contributed by atoms with van der Waals surface area (Å²) in [7, 11) is 0. The molecule has 172 valence electrons. The topological polar surface area (TPSA) is 107 Å². The van der Waals surface area contributed by atoms with E-state index in [0.717, 1.165) is 60.8 Å². The van der Waals surface area contributed by atoms with Crippen LogP contribution in [-0.4, -0.2) is 56.2 Å². The summed E-state index contributed by atoms with van der Waals surface area (Å²) in [5.41, 5.74) is 4.31. The highest BCUT2D eigenvalue weighted by Crippen LogP contribution is 2.44. The van der Waals surface area contributed by atoms with Crippen LogP contribution in [0.4, 0.5) is 0 Å². The molecule has 8 nitrogen and oxygen atoms in total. The predicted octanol–water partition coefficient (Wildman–Crippen LogP) is 3.77. The molecule has 0 radical (unpaired) electrons. The lowest BCUT2D eigenvalue weighted by molar-refractivity contribution is -0.0200. The van der Waals surface area contributed by atoms with E-state index >= 15 is 0 Å². The molecule has 6 rings (SSSR count). The molecule has 1 aliphatic carbocycles. The Morgan fingerprint density at radius 2 is 1.82 bits per heavy atom. The molecule has 2 fully saturated rings. The van der Waals surface area contributed by atoms with Crippen molar-refractivity contribution in [1.29, 1.82) is 0 Å². The van der Waals surface area contributed by atoms with Gasteiger partial charge in [0.05, 0.1) is 17.3 Å². The van der Waals surface area contributed by atoms with Gasteiger partial charge < -0.3 is 10.2 Å². The number of hydrogen-bond acceptors (Lipinski definition) is 4. The lowest BCUT2D eigenvalue weighted by Crippen LogP contribution is -2.60. The first-order valence-electron chi connectivity index (χ1n) is 11.7. The van der Waals surface area contributed by atoms with Crippen molar-refractivity contribution < 1.29 is 9.59 Å². The van der Waals surface area contributed by atoms with Crippen molar-refractivity contribution in [2.24, 2.45) is 5.41 Å². The molecule has 2 amide bonds. The smallest absolute Gasteiger partial charge is 0.275 e. The minimum Gasteiger partial charge on any atom is -0.349 e. The number of H-pyrrole nitrogens is 2. The Hall–Kier alpha value is -3.94. The molecule has 1 aliphatic heterocycles. The molecule has 2 aromatic carbocycles. The summed E-state index contributed by atoms with van der Waals surface area (Å²) in [6.07, 6.45) is 7.02. The van der Waals surface area contributed by atoms with Crippen LogP contribution >= 0.6 is 0 Å². The summed E-state index contributed by atoms with van der Waals surface area (Å²) in [6, 6.07) is 16.4. The maximum absolute atomic E-state index is 13.2. The van der Waals surface area contributed by atoms with Gasteiger partial charge in [0, 0.05) is 36.1 Å². The monoisotopic (exact) mass is 454 g/mol. The Balaban J connectivity index is 1.08. The number of nitrogens with zero attached hydrogens (tertiary/aromatic N) is 3. The van der Waals surface area contributed by atoms with E-state index in [9.17, 15) is 9.59 Å². The molecule has 2 aromatic heterocycles. The number of aromatic nitrogens is 4. The fourth-order valence-electron chi connectivity index (χ4n) is 5.38. The zero-order valence-electron chi connectivity index (χ0n) is 18.8. The summed E-state index contributed by atoms with van der Waals surface area (Å²) >= 11 is 0. The third-order valence-corrected chi connectivity index (χ3v) is 7.35. The molecule has 0 unspecified atom stereocenters. The van der Waals surface area contributed by atoms with E-state index in [2.05, 4.69) is 37.8 Å². The highest BCUT2D eigenvalue weighted by atomic mass is 16.2. The van der Waals surface area contributed by atoms with Gasteiger partial charge in [-0.25, -0.2) is 0 Å². The van der Waals surface area contributed by atoms with Gasteiger partial charge in [0.25, 0.3) is 11.8 Å². The number of amides is 2. The van der Waals surface area contributed by atoms with E-state index in [-0.39, 0.29) is 23.3 Å². The zero-order chi connectivity index (χ0) is 23.1. The predicted molar refractivity (Wildman–Crippen MR) is 128 cm³/mol. The molecule has 3 N–H and O–H groups in total. The first-order chi connectivity index (χ1) is 16.6. The van der Waals surface area contributed by atoms with Crippen molar-refractivity contribution in [3.8, 4) is 11.1 Å². The SMILES string of the molecule is O=C(NC1CCC2(CC1)CN(C(=O)c1n[nH]c3cc(-c4ccccc4)ccc13)C2)c1cn[nH]c1. The molecule has 8 heteroatoms. The molecule has 1 spiro atoms. The fraction of sp³-hybridized carbons (Fsp3) is 0.308. The van der Waals surface area contributed by atoms with Crippen molar-refractivity contribution in [3.05, 3.63) is 72.2 Å². The summed E-state index contributed by atoms with van der Waals surface area (Å²) in [6.45, 7) is 1.51. The third-order valence-electron chi connectivity index (χ3n) is 7.35. The number of fused-ring (bicyclic) bond motifs is 1. The van der Waals surface area contributed by atoms with Gasteiger partial charge in [-0.15, -0.1) is 0 Å². The number of nitrogens with one attached hydrogen (secondary N) is 3. The van der Waals surface area contributed by atoms with Gasteiger partial charge >= 0.3 is 0 Å². The summed E-state index contributed by atoms with van der Waals surface area (Å²) < 4.78 is 0. The highest BCUT2D eigenvalue weighted by molar-refractivity contribution is 6.05. The number of hydrogen-bond donors (Lipinski definition) is 3. The van der Waals surface area contributed by atoms with E-state index in [1.54, 1.807) is 6.20 Å². The molecule has 2 aliphatic rings. The Morgan fingerprint density at radius 1 is 1.03 bits per heavy atom. The van der Waals surface area contributed by atoms with Crippen LogP contribution in [0.25, 0.3) is 22.0 Å². The third kappa shape index (κ3) is 3.65. The van der Waals surface area contributed by atoms with E-state index in [0.29, 0.717) is 11.3 Å². The number of benzene rings is 2. The lowest BCUT2D eigenvalue weighted by atomic mass is 9.67. The largest absolute Gasteiger partial charge is 0.349 e. The molecule has 3 heterocycles. The van der Waals surface area contributed by atoms with Gasteiger partial charge in [0.15, 0.2) is 5.69 Å². The minimum absolute atomic E-state index is 0.0141. The normalized spacial score (nSPS) is 17.6. The van der Waals surface area contributed by atoms with Crippen LogP contribution in [0.1, 0.15) is 46.5 Å². The van der Waals surface area contributed by atoms with E-state index in [1.807, 2.05) is 41.3 Å². The van der Waals surface area contributed by atoms with Gasteiger partial charge in [-0.2, -0.15) is 10.2 Å². The lowest BCUT2D eigenvalue weighted by Gasteiger charge is -2.53. The first-order valence-corrected chi connectivity index (χ1v) is 11.7.